The first-order chi connectivity index (χ1) is 9.24. The number of nitrogens with one attached hydrogen (secondary N) is 1. The molecule has 1 aromatic rings. The lowest BCUT2D eigenvalue weighted by Gasteiger charge is -2.20. The zero-order valence-corrected chi connectivity index (χ0v) is 11.9. The molecule has 20 heavy (non-hydrogen) atoms. The number of ether oxygens (including phenoxy) is 2. The van der Waals surface area contributed by atoms with Crippen molar-refractivity contribution < 1.29 is 23.5 Å². The summed E-state index contributed by atoms with van der Waals surface area (Å²) in [6, 6.07) is 6.05. The number of para-hydroxylation sites is 1. The molecule has 0 aliphatic heterocycles. The Bertz CT molecular complexity index is 496. The van der Waals surface area contributed by atoms with E-state index in [1.807, 2.05) is 0 Å². The summed E-state index contributed by atoms with van der Waals surface area (Å²) in [6.07, 6.45) is -2.69. The van der Waals surface area contributed by atoms with Crippen LogP contribution < -0.4 is 5.32 Å². The van der Waals surface area contributed by atoms with Crippen LogP contribution in [0.15, 0.2) is 24.3 Å². The minimum atomic E-state index is -1.97. The molecule has 0 radical (unpaired) electrons. The average Bonchev–Trinajstić information content (AvgIpc) is 2.35. The highest BCUT2D eigenvalue weighted by molar-refractivity contribution is 5.88. The second kappa shape index (κ2) is 6.36. The van der Waals surface area contributed by atoms with Gasteiger partial charge in [0.2, 0.25) is 6.17 Å². The molecule has 1 rings (SSSR count). The third-order valence-corrected chi connectivity index (χ3v) is 2.28. The molecule has 0 bridgehead atoms. The zero-order valence-electron chi connectivity index (χ0n) is 11.9. The molecule has 1 aromatic carbocycles. The van der Waals surface area contributed by atoms with Gasteiger partial charge in [0, 0.05) is 5.56 Å². The average molecular weight is 283 g/mol. The minimum Gasteiger partial charge on any atom is -0.467 e. The van der Waals surface area contributed by atoms with Crippen LogP contribution in [-0.2, 0) is 14.3 Å². The van der Waals surface area contributed by atoms with Gasteiger partial charge in [-0.2, -0.15) is 0 Å². The second-order valence-corrected chi connectivity index (χ2v) is 5.10. The van der Waals surface area contributed by atoms with E-state index in [2.05, 4.69) is 10.1 Å². The van der Waals surface area contributed by atoms with E-state index < -0.39 is 23.8 Å². The van der Waals surface area contributed by atoms with Gasteiger partial charge in [0.1, 0.15) is 5.60 Å². The molecule has 0 heterocycles. The Morgan fingerprint density at radius 3 is 2.40 bits per heavy atom. The molecule has 0 saturated carbocycles. The van der Waals surface area contributed by atoms with Crippen LogP contribution in [0.1, 0.15) is 32.5 Å². The number of hydrogen-bond acceptors (Lipinski definition) is 4. The number of amides is 1. The van der Waals surface area contributed by atoms with Crippen molar-refractivity contribution in [2.75, 3.05) is 12.4 Å². The molecule has 0 unspecified atom stereocenters. The number of methoxy groups -OCH3 is 1. The van der Waals surface area contributed by atoms with Gasteiger partial charge in [-0.1, -0.05) is 18.2 Å². The molecule has 6 heteroatoms. The second-order valence-electron chi connectivity index (χ2n) is 5.10. The van der Waals surface area contributed by atoms with Crippen molar-refractivity contribution in [3.05, 3.63) is 29.8 Å². The van der Waals surface area contributed by atoms with Gasteiger partial charge >= 0.3 is 12.1 Å². The third-order valence-electron chi connectivity index (χ3n) is 2.28. The van der Waals surface area contributed by atoms with Gasteiger partial charge in [0.15, 0.2) is 0 Å². The summed E-state index contributed by atoms with van der Waals surface area (Å²) >= 11 is 0. The van der Waals surface area contributed by atoms with Gasteiger partial charge in [-0.3, -0.25) is 5.32 Å². The highest BCUT2D eigenvalue weighted by Crippen LogP contribution is 2.27. The van der Waals surface area contributed by atoms with E-state index >= 15 is 0 Å². The molecule has 1 atom stereocenters. The summed E-state index contributed by atoms with van der Waals surface area (Å²) in [7, 11) is 1.10. The van der Waals surface area contributed by atoms with Crippen LogP contribution in [0.25, 0.3) is 0 Å². The summed E-state index contributed by atoms with van der Waals surface area (Å²) in [5, 5.41) is 2.42. The fourth-order valence-corrected chi connectivity index (χ4v) is 1.48. The Labute approximate surface area is 117 Å². The first-order valence-corrected chi connectivity index (χ1v) is 6.05. The Morgan fingerprint density at radius 1 is 1.25 bits per heavy atom. The van der Waals surface area contributed by atoms with E-state index in [1.54, 1.807) is 32.9 Å². The van der Waals surface area contributed by atoms with Crippen LogP contribution in [0, 0.1) is 0 Å². The number of halogens is 1. The molecular formula is C14H18FNO4. The predicted octanol–water partition coefficient (Wildman–Crippen LogP) is 3.22. The van der Waals surface area contributed by atoms with E-state index in [0.29, 0.717) is 0 Å². The molecule has 110 valence electrons. The lowest BCUT2D eigenvalue weighted by atomic mass is 10.1. The minimum absolute atomic E-state index is 0.0187. The molecule has 0 aliphatic carbocycles. The van der Waals surface area contributed by atoms with Crippen LogP contribution in [0.3, 0.4) is 0 Å². The van der Waals surface area contributed by atoms with E-state index in [1.165, 1.54) is 12.1 Å². The zero-order chi connectivity index (χ0) is 15.3. The maximum atomic E-state index is 13.9. The van der Waals surface area contributed by atoms with Crippen molar-refractivity contribution in [3.63, 3.8) is 0 Å². The molecule has 0 spiro atoms. The van der Waals surface area contributed by atoms with Gasteiger partial charge in [-0.05, 0) is 26.8 Å². The van der Waals surface area contributed by atoms with E-state index in [-0.39, 0.29) is 11.3 Å². The highest BCUT2D eigenvalue weighted by Gasteiger charge is 2.24. The van der Waals surface area contributed by atoms with Crippen LogP contribution in [0.4, 0.5) is 14.9 Å². The molecule has 1 amide bonds. The van der Waals surface area contributed by atoms with Crippen LogP contribution in [-0.4, -0.2) is 24.8 Å². The first kappa shape index (κ1) is 15.9. The Morgan fingerprint density at radius 2 is 1.85 bits per heavy atom. The quantitative estimate of drug-likeness (QED) is 0.865. The number of carbonyl (C=O) groups excluding carboxylic acids is 2. The molecular weight excluding hydrogens is 265 g/mol. The fourth-order valence-electron chi connectivity index (χ4n) is 1.48. The van der Waals surface area contributed by atoms with Crippen LogP contribution in [0.5, 0.6) is 0 Å². The van der Waals surface area contributed by atoms with Gasteiger partial charge in [0.05, 0.1) is 12.8 Å². The lowest BCUT2D eigenvalue weighted by Crippen LogP contribution is -2.27. The Hall–Kier alpha value is -2.11. The van der Waals surface area contributed by atoms with Gasteiger partial charge in [-0.15, -0.1) is 0 Å². The summed E-state index contributed by atoms with van der Waals surface area (Å²) in [6.45, 7) is 5.14. The summed E-state index contributed by atoms with van der Waals surface area (Å²) in [5.74, 6) is -1.02. The van der Waals surface area contributed by atoms with Crippen LogP contribution in [0.2, 0.25) is 0 Å². The van der Waals surface area contributed by atoms with Crippen molar-refractivity contribution >= 4 is 17.7 Å². The third kappa shape index (κ3) is 4.53. The van der Waals surface area contributed by atoms with E-state index in [0.717, 1.165) is 7.11 Å². The summed E-state index contributed by atoms with van der Waals surface area (Å²) in [5.41, 5.74) is -0.485. The monoisotopic (exact) mass is 283 g/mol. The Balaban J connectivity index is 2.91. The van der Waals surface area contributed by atoms with Gasteiger partial charge < -0.3 is 9.47 Å². The van der Waals surface area contributed by atoms with Gasteiger partial charge in [0.25, 0.3) is 0 Å². The van der Waals surface area contributed by atoms with Crippen molar-refractivity contribution in [3.8, 4) is 0 Å². The van der Waals surface area contributed by atoms with Crippen LogP contribution >= 0.6 is 0 Å². The molecule has 0 aliphatic rings. The highest BCUT2D eigenvalue weighted by atomic mass is 19.1. The first-order valence-electron chi connectivity index (χ1n) is 6.05. The van der Waals surface area contributed by atoms with Gasteiger partial charge in [-0.25, -0.2) is 14.0 Å². The number of benzene rings is 1. The lowest BCUT2D eigenvalue weighted by molar-refractivity contribution is -0.146. The molecule has 1 N–H and O–H groups in total. The molecule has 0 aromatic heterocycles. The van der Waals surface area contributed by atoms with Crippen molar-refractivity contribution in [1.82, 2.24) is 0 Å². The predicted molar refractivity (Wildman–Crippen MR) is 72.2 cm³/mol. The fraction of sp³-hybridized carbons (Fsp3) is 0.429. The normalized spacial score (nSPS) is 12.4. The number of carbonyl (C=O) groups is 2. The number of rotatable bonds is 3. The largest absolute Gasteiger partial charge is 0.467 e. The Kier molecular flexibility index (Phi) is 5.07. The van der Waals surface area contributed by atoms with E-state index in [4.69, 9.17) is 4.74 Å². The number of esters is 1. The molecule has 0 fully saturated rings. The number of hydrogen-bond donors (Lipinski definition) is 1. The van der Waals surface area contributed by atoms with E-state index in [9.17, 15) is 14.0 Å². The summed E-state index contributed by atoms with van der Waals surface area (Å²) in [4.78, 5) is 22.9. The smallest absolute Gasteiger partial charge is 0.412 e. The number of anilines is 1. The molecule has 0 saturated heterocycles. The topological polar surface area (TPSA) is 64.6 Å². The van der Waals surface area contributed by atoms with Crippen molar-refractivity contribution in [1.29, 1.82) is 0 Å². The maximum Gasteiger partial charge on any atom is 0.412 e. The van der Waals surface area contributed by atoms with Crippen molar-refractivity contribution in [2.24, 2.45) is 0 Å². The summed E-state index contributed by atoms with van der Waals surface area (Å²) < 4.78 is 23.3. The van der Waals surface area contributed by atoms with Crippen molar-refractivity contribution in [2.45, 2.75) is 32.5 Å². The maximum absolute atomic E-state index is 13.9. The number of alkyl halides is 1. The standard InChI is InChI=1S/C14H18FNO4/c1-14(2,3)20-13(18)16-10-8-6-5-7-9(10)11(15)12(17)19-4/h5-8,11H,1-4H3,(H,16,18)/t11-/m1/s1. The SMILES string of the molecule is COC(=O)[C@H](F)c1ccccc1NC(=O)OC(C)(C)C. The molecule has 5 nitrogen and oxygen atoms in total.